The summed E-state index contributed by atoms with van der Waals surface area (Å²) in [5.41, 5.74) is 8.70. The monoisotopic (exact) mass is 202 g/mol. The zero-order valence-electron chi connectivity index (χ0n) is 8.95. The lowest BCUT2D eigenvalue weighted by Gasteiger charge is -2.19. The van der Waals surface area contributed by atoms with Gasteiger partial charge in [0.25, 0.3) is 0 Å². The molecule has 1 aliphatic heterocycles. The molecular formula is C13H18N2. The van der Waals surface area contributed by atoms with Crippen LogP contribution in [0.15, 0.2) is 42.0 Å². The maximum atomic E-state index is 5.86. The highest BCUT2D eigenvalue weighted by Gasteiger charge is 2.08. The molecule has 0 aromatic heterocycles. The molecule has 15 heavy (non-hydrogen) atoms. The van der Waals surface area contributed by atoms with E-state index in [0.717, 1.165) is 25.9 Å². The fraction of sp³-hybridized carbons (Fsp3) is 0.385. The van der Waals surface area contributed by atoms with E-state index in [0.29, 0.717) is 0 Å². The molecule has 0 radical (unpaired) electrons. The first kappa shape index (κ1) is 10.4. The largest absolute Gasteiger partial charge is 0.323 e. The van der Waals surface area contributed by atoms with Gasteiger partial charge in [-0.25, -0.2) is 0 Å². The Morgan fingerprint density at radius 3 is 2.73 bits per heavy atom. The maximum absolute atomic E-state index is 5.86. The third-order valence-corrected chi connectivity index (χ3v) is 2.76. The van der Waals surface area contributed by atoms with Gasteiger partial charge in [0.15, 0.2) is 0 Å². The lowest BCUT2D eigenvalue weighted by molar-refractivity contribution is 0.619. The molecule has 0 fully saturated rings. The van der Waals surface area contributed by atoms with Crippen LogP contribution in [0.5, 0.6) is 0 Å². The second kappa shape index (κ2) is 5.10. The van der Waals surface area contributed by atoms with Gasteiger partial charge in [-0.3, -0.25) is 0 Å². The van der Waals surface area contributed by atoms with Crippen LogP contribution in [0.2, 0.25) is 0 Å². The molecule has 2 rings (SSSR count). The van der Waals surface area contributed by atoms with Crippen molar-refractivity contribution in [1.82, 2.24) is 5.32 Å². The third-order valence-electron chi connectivity index (χ3n) is 2.76. The van der Waals surface area contributed by atoms with Gasteiger partial charge in [-0.05, 0) is 18.4 Å². The Kier molecular flexibility index (Phi) is 3.54. The lowest BCUT2D eigenvalue weighted by atomic mass is 10.0. The van der Waals surface area contributed by atoms with Crippen molar-refractivity contribution in [1.29, 1.82) is 0 Å². The van der Waals surface area contributed by atoms with Crippen LogP contribution in [0.4, 0.5) is 0 Å². The number of hydrogen-bond donors (Lipinski definition) is 2. The molecular weight excluding hydrogens is 184 g/mol. The fourth-order valence-electron chi connectivity index (χ4n) is 1.94. The topological polar surface area (TPSA) is 38.0 Å². The SMILES string of the molecule is NC1C=C(CCc2ccccc2)CNC1. The second-order valence-electron chi connectivity index (χ2n) is 4.11. The Bertz CT molecular complexity index is 330. The van der Waals surface area contributed by atoms with Gasteiger partial charge in [0.1, 0.15) is 0 Å². The average molecular weight is 202 g/mol. The van der Waals surface area contributed by atoms with E-state index in [9.17, 15) is 0 Å². The zero-order chi connectivity index (χ0) is 10.5. The van der Waals surface area contributed by atoms with E-state index >= 15 is 0 Å². The van der Waals surface area contributed by atoms with Crippen LogP contribution in [0, 0.1) is 0 Å². The van der Waals surface area contributed by atoms with Crippen LogP contribution in [0.25, 0.3) is 0 Å². The highest BCUT2D eigenvalue weighted by molar-refractivity contribution is 5.19. The quantitative estimate of drug-likeness (QED) is 0.729. The molecule has 2 nitrogen and oxygen atoms in total. The summed E-state index contributed by atoms with van der Waals surface area (Å²) >= 11 is 0. The highest BCUT2D eigenvalue weighted by atomic mass is 14.9. The molecule has 1 heterocycles. The smallest absolute Gasteiger partial charge is 0.0354 e. The molecule has 0 spiro atoms. The van der Waals surface area contributed by atoms with Crippen LogP contribution in [-0.2, 0) is 6.42 Å². The van der Waals surface area contributed by atoms with E-state index in [-0.39, 0.29) is 6.04 Å². The van der Waals surface area contributed by atoms with E-state index in [1.54, 1.807) is 0 Å². The number of rotatable bonds is 3. The van der Waals surface area contributed by atoms with Crippen LogP contribution >= 0.6 is 0 Å². The minimum Gasteiger partial charge on any atom is -0.323 e. The fourth-order valence-corrected chi connectivity index (χ4v) is 1.94. The molecule has 1 atom stereocenters. The number of nitrogens with two attached hydrogens (primary N) is 1. The predicted molar refractivity (Wildman–Crippen MR) is 63.7 cm³/mol. The van der Waals surface area contributed by atoms with Crippen molar-refractivity contribution >= 4 is 0 Å². The minimum atomic E-state index is 0.199. The minimum absolute atomic E-state index is 0.199. The van der Waals surface area contributed by atoms with Gasteiger partial charge in [-0.2, -0.15) is 0 Å². The molecule has 1 aromatic rings. The maximum Gasteiger partial charge on any atom is 0.0354 e. The first-order chi connectivity index (χ1) is 7.34. The van der Waals surface area contributed by atoms with E-state index in [2.05, 4.69) is 41.7 Å². The van der Waals surface area contributed by atoms with Gasteiger partial charge < -0.3 is 11.1 Å². The van der Waals surface area contributed by atoms with Gasteiger partial charge in [0.05, 0.1) is 0 Å². The van der Waals surface area contributed by atoms with Crippen molar-refractivity contribution in [2.24, 2.45) is 5.73 Å². The summed E-state index contributed by atoms with van der Waals surface area (Å²) in [4.78, 5) is 0. The van der Waals surface area contributed by atoms with Crippen molar-refractivity contribution in [3.63, 3.8) is 0 Å². The van der Waals surface area contributed by atoms with Gasteiger partial charge in [0.2, 0.25) is 0 Å². The first-order valence-corrected chi connectivity index (χ1v) is 5.54. The molecule has 0 saturated carbocycles. The zero-order valence-corrected chi connectivity index (χ0v) is 8.95. The molecule has 3 N–H and O–H groups in total. The number of aryl methyl sites for hydroxylation is 1. The van der Waals surface area contributed by atoms with E-state index < -0.39 is 0 Å². The van der Waals surface area contributed by atoms with Crippen LogP contribution in [-0.4, -0.2) is 19.1 Å². The van der Waals surface area contributed by atoms with Crippen molar-refractivity contribution in [3.05, 3.63) is 47.5 Å². The van der Waals surface area contributed by atoms with Crippen LogP contribution in [0.3, 0.4) is 0 Å². The molecule has 1 aliphatic rings. The number of hydrogen-bond acceptors (Lipinski definition) is 2. The molecule has 1 unspecified atom stereocenters. The normalized spacial score (nSPS) is 21.1. The summed E-state index contributed by atoms with van der Waals surface area (Å²) < 4.78 is 0. The van der Waals surface area contributed by atoms with E-state index in [1.165, 1.54) is 11.1 Å². The lowest BCUT2D eigenvalue weighted by Crippen LogP contribution is -2.37. The summed E-state index contributed by atoms with van der Waals surface area (Å²) in [6.45, 7) is 1.91. The highest BCUT2D eigenvalue weighted by Crippen LogP contribution is 2.10. The molecule has 80 valence electrons. The van der Waals surface area contributed by atoms with E-state index in [1.807, 2.05) is 0 Å². The van der Waals surface area contributed by atoms with E-state index in [4.69, 9.17) is 5.73 Å². The van der Waals surface area contributed by atoms with Gasteiger partial charge in [0, 0.05) is 19.1 Å². The van der Waals surface area contributed by atoms with Crippen molar-refractivity contribution < 1.29 is 0 Å². The molecule has 0 bridgehead atoms. The Morgan fingerprint density at radius 2 is 2.00 bits per heavy atom. The summed E-state index contributed by atoms with van der Waals surface area (Å²) in [7, 11) is 0. The van der Waals surface area contributed by atoms with Crippen LogP contribution in [0.1, 0.15) is 12.0 Å². The average Bonchev–Trinajstić information content (AvgIpc) is 2.28. The van der Waals surface area contributed by atoms with Crippen molar-refractivity contribution in [2.45, 2.75) is 18.9 Å². The summed E-state index contributed by atoms with van der Waals surface area (Å²) in [6, 6.07) is 10.8. The first-order valence-electron chi connectivity index (χ1n) is 5.54. The second-order valence-corrected chi connectivity index (χ2v) is 4.11. The summed E-state index contributed by atoms with van der Waals surface area (Å²) in [5, 5.41) is 3.33. The summed E-state index contributed by atoms with van der Waals surface area (Å²) in [5.74, 6) is 0. The third kappa shape index (κ3) is 3.18. The Labute approximate surface area is 91.2 Å². The molecule has 0 aliphatic carbocycles. The Morgan fingerprint density at radius 1 is 1.20 bits per heavy atom. The Hall–Kier alpha value is -1.12. The standard InChI is InChI=1S/C13H18N2/c14-13-8-12(9-15-10-13)7-6-11-4-2-1-3-5-11/h1-5,8,13,15H,6-7,9-10,14H2. The van der Waals surface area contributed by atoms with Gasteiger partial charge in [-0.1, -0.05) is 42.0 Å². The number of benzene rings is 1. The molecule has 1 aromatic carbocycles. The molecule has 2 heteroatoms. The van der Waals surface area contributed by atoms with Crippen molar-refractivity contribution in [2.75, 3.05) is 13.1 Å². The number of nitrogens with one attached hydrogen (secondary N) is 1. The van der Waals surface area contributed by atoms with Crippen molar-refractivity contribution in [3.8, 4) is 0 Å². The van der Waals surface area contributed by atoms with Gasteiger partial charge in [-0.15, -0.1) is 0 Å². The Balaban J connectivity index is 1.88. The van der Waals surface area contributed by atoms with Gasteiger partial charge >= 0.3 is 0 Å². The predicted octanol–water partition coefficient (Wildman–Crippen LogP) is 1.48. The molecule has 0 amide bonds. The summed E-state index contributed by atoms with van der Waals surface area (Å²) in [6.07, 6.45) is 4.44. The van der Waals surface area contributed by atoms with Crippen LogP contribution < -0.4 is 11.1 Å². The molecule has 0 saturated heterocycles.